The smallest absolute Gasteiger partial charge is 0.462 e. The normalized spacial score (nSPS) is 14.8. The lowest BCUT2D eigenvalue weighted by atomic mass is 9.99. The number of unbranched alkanes of at least 4 members (excludes halogenated alkanes) is 26. The minimum atomic E-state index is -4.94. The van der Waals surface area contributed by atoms with Gasteiger partial charge in [-0.15, -0.1) is 0 Å². The van der Waals surface area contributed by atoms with Crippen LogP contribution in [0.5, 0.6) is 0 Å². The lowest BCUT2D eigenvalue weighted by Gasteiger charge is -2.21. The van der Waals surface area contributed by atoms with Crippen LogP contribution in [0.2, 0.25) is 0 Å². The van der Waals surface area contributed by atoms with Crippen molar-refractivity contribution in [2.45, 2.75) is 297 Å². The average molecular weight is 1140 g/mol. The maximum atomic E-state index is 12.9. The molecule has 0 saturated heterocycles. The van der Waals surface area contributed by atoms with Crippen LogP contribution in [0.1, 0.15) is 279 Å². The van der Waals surface area contributed by atoms with Gasteiger partial charge in [-0.2, -0.15) is 0 Å². The van der Waals surface area contributed by atoms with Gasteiger partial charge in [0.1, 0.15) is 19.3 Å². The van der Waals surface area contributed by atoms with Crippen LogP contribution in [0.4, 0.5) is 0 Å². The van der Waals surface area contributed by atoms with Crippen LogP contribution >= 0.6 is 15.6 Å². The van der Waals surface area contributed by atoms with Gasteiger partial charge in [0.05, 0.1) is 26.4 Å². The van der Waals surface area contributed by atoms with E-state index in [9.17, 15) is 43.2 Å². The second-order valence-corrected chi connectivity index (χ2v) is 24.7. The largest absolute Gasteiger partial charge is 0.472 e. The first-order chi connectivity index (χ1) is 36.9. The van der Waals surface area contributed by atoms with Gasteiger partial charge in [-0.25, -0.2) is 9.13 Å². The molecule has 0 spiro atoms. The zero-order valence-corrected chi connectivity index (χ0v) is 51.0. The van der Waals surface area contributed by atoms with Gasteiger partial charge in [0.15, 0.2) is 12.2 Å². The molecule has 3 unspecified atom stereocenters. The lowest BCUT2D eigenvalue weighted by Crippen LogP contribution is -2.30. The summed E-state index contributed by atoms with van der Waals surface area (Å²) in [5.41, 5.74) is 0. The van der Waals surface area contributed by atoms with Crippen LogP contribution in [-0.4, -0.2) is 96.7 Å². The van der Waals surface area contributed by atoms with E-state index in [-0.39, 0.29) is 25.7 Å². The van der Waals surface area contributed by atoms with Gasteiger partial charge in [-0.1, -0.05) is 228 Å². The molecule has 0 aromatic carbocycles. The number of ether oxygens (including phenoxy) is 4. The van der Waals surface area contributed by atoms with Crippen molar-refractivity contribution in [1.82, 2.24) is 0 Å². The Morgan fingerprint density at radius 2 is 0.662 bits per heavy atom. The third kappa shape index (κ3) is 51.9. The average Bonchev–Trinajstić information content (AvgIpc) is 3.39. The molecule has 456 valence electrons. The first kappa shape index (κ1) is 75.1. The Balaban J connectivity index is 5.20. The lowest BCUT2D eigenvalue weighted by molar-refractivity contribution is -0.161. The summed E-state index contributed by atoms with van der Waals surface area (Å²) in [6.45, 7) is 9.29. The summed E-state index contributed by atoms with van der Waals surface area (Å²) >= 11 is 0. The summed E-state index contributed by atoms with van der Waals surface area (Å²) in [5.74, 6) is -0.681. The molecule has 0 aromatic heterocycles. The number of phosphoric acid groups is 2. The minimum Gasteiger partial charge on any atom is -0.462 e. The highest BCUT2D eigenvalue weighted by atomic mass is 31.2. The second-order valence-electron chi connectivity index (χ2n) is 21.7. The molecule has 0 radical (unpaired) electrons. The third-order valence-corrected chi connectivity index (χ3v) is 15.5. The molecule has 77 heavy (non-hydrogen) atoms. The first-order valence-electron chi connectivity index (χ1n) is 30.5. The van der Waals surface area contributed by atoms with Gasteiger partial charge < -0.3 is 33.8 Å². The van der Waals surface area contributed by atoms with Crippen LogP contribution in [-0.2, 0) is 65.4 Å². The molecule has 0 amide bonds. The van der Waals surface area contributed by atoms with Gasteiger partial charge in [0.2, 0.25) is 0 Å². The van der Waals surface area contributed by atoms with Gasteiger partial charge in [0.25, 0.3) is 0 Å². The summed E-state index contributed by atoms with van der Waals surface area (Å²) in [6, 6.07) is 0. The van der Waals surface area contributed by atoms with E-state index in [1.807, 2.05) is 0 Å². The molecule has 0 rings (SSSR count). The molecule has 0 aromatic rings. The van der Waals surface area contributed by atoms with Gasteiger partial charge >= 0.3 is 39.5 Å². The van der Waals surface area contributed by atoms with E-state index < -0.39 is 97.5 Å². The highest BCUT2D eigenvalue weighted by molar-refractivity contribution is 7.47. The number of aliphatic hydroxyl groups excluding tert-OH is 1. The van der Waals surface area contributed by atoms with E-state index in [4.69, 9.17) is 37.0 Å². The molecule has 3 N–H and O–H groups in total. The fourth-order valence-electron chi connectivity index (χ4n) is 8.44. The summed E-state index contributed by atoms with van der Waals surface area (Å²) in [7, 11) is -9.87. The van der Waals surface area contributed by atoms with Crippen molar-refractivity contribution >= 4 is 39.5 Å². The molecular formula is C58H112O17P2. The van der Waals surface area contributed by atoms with Crippen LogP contribution in [0.25, 0.3) is 0 Å². The van der Waals surface area contributed by atoms with E-state index >= 15 is 0 Å². The number of aliphatic hydroxyl groups is 1. The maximum absolute atomic E-state index is 12.9. The van der Waals surface area contributed by atoms with E-state index in [0.717, 1.165) is 109 Å². The quantitative estimate of drug-likeness (QED) is 0.0222. The summed E-state index contributed by atoms with van der Waals surface area (Å²) in [4.78, 5) is 71.6. The van der Waals surface area contributed by atoms with E-state index in [0.29, 0.717) is 31.6 Å². The van der Waals surface area contributed by atoms with Crippen LogP contribution < -0.4 is 0 Å². The molecule has 0 heterocycles. The highest BCUT2D eigenvalue weighted by Gasteiger charge is 2.30. The fraction of sp³-hybridized carbons (Fsp3) is 0.931. The van der Waals surface area contributed by atoms with Crippen molar-refractivity contribution in [2.24, 2.45) is 11.8 Å². The Bertz CT molecular complexity index is 1530. The van der Waals surface area contributed by atoms with Gasteiger partial charge in [0, 0.05) is 25.7 Å². The summed E-state index contributed by atoms with van der Waals surface area (Å²) in [5, 5.41) is 10.5. The van der Waals surface area contributed by atoms with Crippen molar-refractivity contribution in [3.05, 3.63) is 0 Å². The number of hydrogen-bond acceptors (Lipinski definition) is 15. The monoisotopic (exact) mass is 1140 g/mol. The zero-order chi connectivity index (χ0) is 57.3. The standard InChI is InChI=1S/C58H112O17P2/c1-7-10-12-14-15-16-17-23-30-36-42-57(62)74-53(46-68-55(60)40-34-26-13-11-8-2)48-72-76(64,65)70-44-52(59)45-71-77(66,67)73-49-54(47-69-56(61)41-35-29-25-20-21-27-32-38-50(4)5)75-58(63)43-37-31-24-19-18-22-28-33-39-51(6)9-3/h50-54,59H,7-49H2,1-6H3,(H,64,65)(H,66,67)/t51?,52-,53+,54+/m0/s1. The number of phosphoric ester groups is 2. The first-order valence-corrected chi connectivity index (χ1v) is 33.5. The number of esters is 4. The third-order valence-electron chi connectivity index (χ3n) is 13.6. The molecule has 17 nitrogen and oxygen atoms in total. The minimum absolute atomic E-state index is 0.104. The van der Waals surface area contributed by atoms with Crippen LogP contribution in [0.15, 0.2) is 0 Å². The Morgan fingerprint density at radius 3 is 0.987 bits per heavy atom. The highest BCUT2D eigenvalue weighted by Crippen LogP contribution is 2.45. The molecular weight excluding hydrogens is 1030 g/mol. The van der Waals surface area contributed by atoms with Crippen molar-refractivity contribution < 1.29 is 80.2 Å². The van der Waals surface area contributed by atoms with Crippen molar-refractivity contribution in [3.8, 4) is 0 Å². The van der Waals surface area contributed by atoms with E-state index in [2.05, 4.69) is 41.5 Å². The molecule has 0 fully saturated rings. The molecule has 0 aliphatic carbocycles. The summed E-state index contributed by atoms with van der Waals surface area (Å²) < 4.78 is 67.5. The van der Waals surface area contributed by atoms with Gasteiger partial charge in [-0.3, -0.25) is 37.3 Å². The Morgan fingerprint density at radius 1 is 0.377 bits per heavy atom. The van der Waals surface area contributed by atoms with E-state index in [1.54, 1.807) is 0 Å². The van der Waals surface area contributed by atoms with Crippen LogP contribution in [0, 0.1) is 11.8 Å². The predicted octanol–water partition coefficient (Wildman–Crippen LogP) is 15.3. The molecule has 6 atom stereocenters. The van der Waals surface area contributed by atoms with Crippen LogP contribution in [0.3, 0.4) is 0 Å². The van der Waals surface area contributed by atoms with Gasteiger partial charge in [-0.05, 0) is 37.5 Å². The number of rotatable bonds is 57. The Labute approximate surface area is 467 Å². The van der Waals surface area contributed by atoms with Crippen molar-refractivity contribution in [2.75, 3.05) is 39.6 Å². The zero-order valence-electron chi connectivity index (χ0n) is 49.2. The SMILES string of the molecule is CCCCCCCCCCCCC(=O)O[C@H](COC(=O)CCCCCCC)COP(=O)(O)OC[C@H](O)COP(=O)(O)OC[C@@H](COC(=O)CCCCCCCCCC(C)C)OC(=O)CCCCCCCCCCC(C)CC. The molecule has 0 aliphatic rings. The summed E-state index contributed by atoms with van der Waals surface area (Å²) in [6.07, 6.45) is 31.1. The molecule has 0 saturated carbocycles. The second kappa shape index (κ2) is 51.0. The maximum Gasteiger partial charge on any atom is 0.472 e. The molecule has 0 aliphatic heterocycles. The molecule has 19 heteroatoms. The number of hydrogen-bond donors (Lipinski definition) is 3. The Hall–Kier alpha value is -1.94. The Kier molecular flexibility index (Phi) is 49.7. The van der Waals surface area contributed by atoms with Crippen molar-refractivity contribution in [3.63, 3.8) is 0 Å². The molecule has 0 bridgehead atoms. The fourth-order valence-corrected chi connectivity index (χ4v) is 10.0. The topological polar surface area (TPSA) is 237 Å². The number of carbonyl (C=O) groups excluding carboxylic acids is 4. The number of carbonyl (C=O) groups is 4. The van der Waals surface area contributed by atoms with E-state index in [1.165, 1.54) is 83.5 Å². The van der Waals surface area contributed by atoms with Crippen molar-refractivity contribution in [1.29, 1.82) is 0 Å². The predicted molar refractivity (Wildman–Crippen MR) is 303 cm³/mol.